The Labute approximate surface area is 118 Å². The molecule has 0 unspecified atom stereocenters. The van der Waals surface area contributed by atoms with Crippen molar-refractivity contribution in [1.29, 1.82) is 0 Å². The fourth-order valence-corrected chi connectivity index (χ4v) is 1.93. The zero-order chi connectivity index (χ0) is 14.0. The Hall–Kier alpha value is -1.65. The molecule has 0 fully saturated rings. The third-order valence-electron chi connectivity index (χ3n) is 2.46. The molecule has 0 radical (unpaired) electrons. The van der Waals surface area contributed by atoms with Crippen LogP contribution in [0.2, 0.25) is 10.0 Å². The lowest BCUT2D eigenvalue weighted by molar-refractivity contribution is 0.0594. The highest BCUT2D eigenvalue weighted by molar-refractivity contribution is 6.35. The molecule has 0 amide bonds. The Bertz CT molecular complexity index is 647. The van der Waals surface area contributed by atoms with E-state index in [0.29, 0.717) is 15.6 Å². The Morgan fingerprint density at radius 3 is 2.63 bits per heavy atom. The van der Waals surface area contributed by atoms with Crippen molar-refractivity contribution >= 4 is 29.2 Å². The molecule has 1 heterocycles. The average molecular weight is 300 g/mol. The number of methoxy groups -OCH3 is 1. The van der Waals surface area contributed by atoms with Gasteiger partial charge in [-0.15, -0.1) is 0 Å². The molecule has 0 spiro atoms. The molecule has 0 saturated carbocycles. The van der Waals surface area contributed by atoms with Crippen LogP contribution in [0.25, 0.3) is 11.3 Å². The van der Waals surface area contributed by atoms with Crippen molar-refractivity contribution in [2.75, 3.05) is 7.11 Å². The minimum absolute atomic E-state index is 0.232. The van der Waals surface area contributed by atoms with E-state index in [0.717, 1.165) is 0 Å². The van der Waals surface area contributed by atoms with E-state index in [1.54, 1.807) is 18.2 Å². The summed E-state index contributed by atoms with van der Waals surface area (Å²) in [4.78, 5) is 15.0. The standard InChI is InChI=1S/C13H8Cl2FNO2/c1-19-13(18)8-3-5-11(17-12(8)16)9-6-7(14)2-4-10(9)15/h2-6H,1H3. The summed E-state index contributed by atoms with van der Waals surface area (Å²) in [6.45, 7) is 0. The smallest absolute Gasteiger partial charge is 0.342 e. The van der Waals surface area contributed by atoms with Crippen molar-refractivity contribution in [1.82, 2.24) is 4.98 Å². The number of hydrogen-bond acceptors (Lipinski definition) is 3. The summed E-state index contributed by atoms with van der Waals surface area (Å²) in [5.74, 6) is -1.70. The maximum atomic E-state index is 13.7. The van der Waals surface area contributed by atoms with Gasteiger partial charge in [0.15, 0.2) is 0 Å². The molecule has 0 N–H and O–H groups in total. The van der Waals surface area contributed by atoms with Crippen molar-refractivity contribution in [3.8, 4) is 11.3 Å². The zero-order valence-corrected chi connectivity index (χ0v) is 11.3. The lowest BCUT2D eigenvalue weighted by Crippen LogP contribution is -2.06. The van der Waals surface area contributed by atoms with E-state index < -0.39 is 11.9 Å². The van der Waals surface area contributed by atoms with Gasteiger partial charge < -0.3 is 4.74 Å². The summed E-state index contributed by atoms with van der Waals surface area (Å²) in [5.41, 5.74) is 0.548. The molecule has 19 heavy (non-hydrogen) atoms. The predicted molar refractivity (Wildman–Crippen MR) is 71.0 cm³/mol. The summed E-state index contributed by atoms with van der Waals surface area (Å²) in [6.07, 6.45) is 0. The normalized spacial score (nSPS) is 10.3. The SMILES string of the molecule is COC(=O)c1ccc(-c2cc(Cl)ccc2Cl)nc1F. The number of esters is 1. The second kappa shape index (κ2) is 5.55. The zero-order valence-electron chi connectivity index (χ0n) is 9.78. The second-order valence-electron chi connectivity index (χ2n) is 3.65. The average Bonchev–Trinajstić information content (AvgIpc) is 2.40. The summed E-state index contributed by atoms with van der Waals surface area (Å²) in [6, 6.07) is 7.55. The number of rotatable bonds is 2. The molecule has 2 aromatic rings. The molecule has 0 saturated heterocycles. The van der Waals surface area contributed by atoms with Crippen LogP contribution in [0.15, 0.2) is 30.3 Å². The monoisotopic (exact) mass is 299 g/mol. The topological polar surface area (TPSA) is 39.2 Å². The number of halogens is 3. The van der Waals surface area contributed by atoms with Crippen LogP contribution in [0.3, 0.4) is 0 Å². The largest absolute Gasteiger partial charge is 0.465 e. The molecular formula is C13H8Cl2FNO2. The molecule has 98 valence electrons. The number of carbonyl (C=O) groups is 1. The van der Waals surface area contributed by atoms with Crippen molar-refractivity contribution in [2.24, 2.45) is 0 Å². The van der Waals surface area contributed by atoms with E-state index in [9.17, 15) is 9.18 Å². The molecule has 0 aliphatic rings. The maximum Gasteiger partial charge on any atom is 0.342 e. The van der Waals surface area contributed by atoms with Gasteiger partial charge in [-0.05, 0) is 30.3 Å². The van der Waals surface area contributed by atoms with Crippen LogP contribution < -0.4 is 0 Å². The van der Waals surface area contributed by atoms with E-state index in [1.165, 1.54) is 19.2 Å². The summed E-state index contributed by atoms with van der Waals surface area (Å²) in [5, 5.41) is 0.848. The van der Waals surface area contributed by atoms with E-state index in [-0.39, 0.29) is 11.3 Å². The van der Waals surface area contributed by atoms with E-state index >= 15 is 0 Å². The number of nitrogens with zero attached hydrogens (tertiary/aromatic N) is 1. The van der Waals surface area contributed by atoms with E-state index in [2.05, 4.69) is 9.72 Å². The highest BCUT2D eigenvalue weighted by Crippen LogP contribution is 2.29. The predicted octanol–water partition coefficient (Wildman–Crippen LogP) is 3.98. The van der Waals surface area contributed by atoms with Gasteiger partial charge in [0.2, 0.25) is 5.95 Å². The number of aromatic nitrogens is 1. The van der Waals surface area contributed by atoms with Crippen LogP contribution in [0.5, 0.6) is 0 Å². The molecule has 0 aliphatic heterocycles. The molecule has 0 atom stereocenters. The first-order valence-corrected chi connectivity index (χ1v) is 5.99. The van der Waals surface area contributed by atoms with Crippen LogP contribution in [-0.2, 0) is 4.74 Å². The molecule has 1 aromatic heterocycles. The Morgan fingerprint density at radius 2 is 2.00 bits per heavy atom. The third kappa shape index (κ3) is 2.85. The van der Waals surface area contributed by atoms with E-state index in [1.807, 2.05) is 0 Å². The van der Waals surface area contributed by atoms with Crippen LogP contribution in [0.1, 0.15) is 10.4 Å². The lowest BCUT2D eigenvalue weighted by Gasteiger charge is -2.06. The number of ether oxygens (including phenoxy) is 1. The molecule has 0 aliphatic carbocycles. The van der Waals surface area contributed by atoms with Crippen LogP contribution in [-0.4, -0.2) is 18.1 Å². The van der Waals surface area contributed by atoms with Crippen LogP contribution >= 0.6 is 23.2 Å². The number of hydrogen-bond donors (Lipinski definition) is 0. The fourth-order valence-electron chi connectivity index (χ4n) is 1.54. The maximum absolute atomic E-state index is 13.7. The number of pyridine rings is 1. The van der Waals surface area contributed by atoms with Gasteiger partial charge in [-0.2, -0.15) is 4.39 Å². The fraction of sp³-hybridized carbons (Fsp3) is 0.0769. The minimum Gasteiger partial charge on any atom is -0.465 e. The molecule has 6 heteroatoms. The Morgan fingerprint density at radius 1 is 1.26 bits per heavy atom. The van der Waals surface area contributed by atoms with Gasteiger partial charge >= 0.3 is 5.97 Å². The van der Waals surface area contributed by atoms with E-state index in [4.69, 9.17) is 23.2 Å². The minimum atomic E-state index is -0.916. The number of benzene rings is 1. The first kappa shape index (κ1) is 13.8. The van der Waals surface area contributed by atoms with Crippen molar-refractivity contribution in [2.45, 2.75) is 0 Å². The van der Waals surface area contributed by atoms with Crippen molar-refractivity contribution in [3.05, 3.63) is 51.9 Å². The van der Waals surface area contributed by atoms with Crippen molar-refractivity contribution < 1.29 is 13.9 Å². The highest BCUT2D eigenvalue weighted by Gasteiger charge is 2.15. The van der Waals surface area contributed by atoms with Crippen LogP contribution in [0, 0.1) is 5.95 Å². The van der Waals surface area contributed by atoms with Gasteiger partial charge in [0.25, 0.3) is 0 Å². The summed E-state index contributed by atoms with van der Waals surface area (Å²) >= 11 is 11.9. The second-order valence-corrected chi connectivity index (χ2v) is 4.49. The number of carbonyl (C=O) groups excluding carboxylic acids is 1. The Kier molecular flexibility index (Phi) is 4.02. The van der Waals surface area contributed by atoms with Gasteiger partial charge in [0.05, 0.1) is 17.8 Å². The quantitative estimate of drug-likeness (QED) is 0.622. The lowest BCUT2D eigenvalue weighted by atomic mass is 10.1. The highest BCUT2D eigenvalue weighted by atomic mass is 35.5. The molecule has 2 rings (SSSR count). The molecule has 0 bridgehead atoms. The van der Waals surface area contributed by atoms with Gasteiger partial charge in [0, 0.05) is 10.6 Å². The molecule has 1 aromatic carbocycles. The summed E-state index contributed by atoms with van der Waals surface area (Å²) in [7, 11) is 1.17. The van der Waals surface area contributed by atoms with Crippen molar-refractivity contribution in [3.63, 3.8) is 0 Å². The van der Waals surface area contributed by atoms with Gasteiger partial charge in [0.1, 0.15) is 5.56 Å². The third-order valence-corrected chi connectivity index (χ3v) is 3.02. The van der Waals surface area contributed by atoms with Gasteiger partial charge in [-0.3, -0.25) is 0 Å². The molecular weight excluding hydrogens is 292 g/mol. The molecule has 3 nitrogen and oxygen atoms in total. The van der Waals surface area contributed by atoms with Crippen LogP contribution in [0.4, 0.5) is 4.39 Å². The first-order valence-electron chi connectivity index (χ1n) is 5.23. The Balaban J connectivity index is 2.50. The summed E-state index contributed by atoms with van der Waals surface area (Å²) < 4.78 is 18.2. The van der Waals surface area contributed by atoms with Gasteiger partial charge in [-0.1, -0.05) is 23.2 Å². The van der Waals surface area contributed by atoms with Gasteiger partial charge in [-0.25, -0.2) is 9.78 Å². The first-order chi connectivity index (χ1) is 9.02.